The van der Waals surface area contributed by atoms with Crippen molar-refractivity contribution in [3.05, 3.63) is 33.4 Å². The summed E-state index contributed by atoms with van der Waals surface area (Å²) in [5, 5.41) is 10.4. The molecule has 0 spiro atoms. The maximum Gasteiger partial charge on any atom is 0.271 e. The van der Waals surface area contributed by atoms with Gasteiger partial charge >= 0.3 is 0 Å². The van der Waals surface area contributed by atoms with Crippen LogP contribution in [0.1, 0.15) is 10.5 Å². The van der Waals surface area contributed by atoms with Crippen molar-refractivity contribution in [2.45, 2.75) is 0 Å². The summed E-state index contributed by atoms with van der Waals surface area (Å²) < 4.78 is 0.824. The molecule has 1 aromatic heterocycles. The van der Waals surface area contributed by atoms with Gasteiger partial charge in [-0.1, -0.05) is 27.5 Å². The third-order valence-corrected chi connectivity index (χ3v) is 2.79. The van der Waals surface area contributed by atoms with E-state index in [2.05, 4.69) is 31.3 Å². The maximum atomic E-state index is 11.1. The lowest BCUT2D eigenvalue weighted by Gasteiger charge is -2.02. The van der Waals surface area contributed by atoms with Gasteiger partial charge in [0.05, 0.1) is 5.02 Å². The zero-order valence-electron chi connectivity index (χ0n) is 7.87. The number of carbonyl (C=O) groups is 1. The van der Waals surface area contributed by atoms with Crippen LogP contribution in [0, 0.1) is 0 Å². The zero-order valence-corrected chi connectivity index (χ0v) is 10.2. The van der Waals surface area contributed by atoms with Gasteiger partial charge in [0, 0.05) is 10.0 Å². The third kappa shape index (κ3) is 1.94. The smallest absolute Gasteiger partial charge is 0.271 e. The van der Waals surface area contributed by atoms with Crippen LogP contribution in [-0.2, 0) is 0 Å². The predicted molar refractivity (Wildman–Crippen MR) is 63.0 cm³/mol. The topological polar surface area (TPSA) is 84.7 Å². The molecule has 1 aromatic carbocycles. The molecular weight excluding hydrogens is 295 g/mol. The number of hydrogen-bond donors (Lipinski definition) is 2. The van der Waals surface area contributed by atoms with E-state index in [0.29, 0.717) is 16.3 Å². The van der Waals surface area contributed by atoms with Crippen LogP contribution in [0.25, 0.3) is 11.3 Å². The van der Waals surface area contributed by atoms with Gasteiger partial charge in [0.2, 0.25) is 0 Å². The lowest BCUT2D eigenvalue weighted by atomic mass is 10.1. The molecule has 0 aliphatic carbocycles. The molecule has 5 nitrogen and oxygen atoms in total. The van der Waals surface area contributed by atoms with E-state index in [4.69, 9.17) is 17.3 Å². The van der Waals surface area contributed by atoms with Gasteiger partial charge in [-0.3, -0.25) is 4.79 Å². The molecule has 0 bridgehead atoms. The van der Waals surface area contributed by atoms with E-state index in [1.807, 2.05) is 0 Å². The third-order valence-electron chi connectivity index (χ3n) is 1.96. The van der Waals surface area contributed by atoms with Crippen molar-refractivity contribution in [3.63, 3.8) is 0 Å². The van der Waals surface area contributed by atoms with Crippen molar-refractivity contribution in [3.8, 4) is 11.3 Å². The van der Waals surface area contributed by atoms with E-state index in [-0.39, 0.29) is 5.69 Å². The Kier molecular flexibility index (Phi) is 2.93. The molecule has 0 unspecified atom stereocenters. The van der Waals surface area contributed by atoms with Gasteiger partial charge in [-0.05, 0) is 18.2 Å². The molecule has 2 rings (SSSR count). The van der Waals surface area contributed by atoms with Gasteiger partial charge in [-0.2, -0.15) is 15.4 Å². The Morgan fingerprint density at radius 3 is 2.88 bits per heavy atom. The number of halogens is 2. The van der Waals surface area contributed by atoms with Crippen LogP contribution >= 0.6 is 27.5 Å². The first-order chi connectivity index (χ1) is 7.59. The fraction of sp³-hybridized carbons (Fsp3) is 0. The molecule has 16 heavy (non-hydrogen) atoms. The van der Waals surface area contributed by atoms with E-state index < -0.39 is 5.91 Å². The molecule has 0 saturated carbocycles. The minimum atomic E-state index is -0.653. The molecule has 82 valence electrons. The summed E-state index contributed by atoms with van der Waals surface area (Å²) in [6, 6.07) is 5.23. The van der Waals surface area contributed by atoms with Gasteiger partial charge in [-0.15, -0.1) is 0 Å². The van der Waals surface area contributed by atoms with Crippen LogP contribution < -0.4 is 5.73 Å². The Hall–Kier alpha value is -1.40. The second-order valence-corrected chi connectivity index (χ2v) is 4.33. The van der Waals surface area contributed by atoms with E-state index in [0.717, 1.165) is 4.47 Å². The largest absolute Gasteiger partial charge is 0.364 e. The van der Waals surface area contributed by atoms with E-state index in [1.54, 1.807) is 18.2 Å². The Bertz CT molecular complexity index is 554. The summed E-state index contributed by atoms with van der Waals surface area (Å²) in [6.07, 6.45) is 0. The predicted octanol–water partition coefficient (Wildman–Crippen LogP) is 1.99. The Balaban J connectivity index is 2.62. The summed E-state index contributed by atoms with van der Waals surface area (Å²) in [5.41, 5.74) is 6.18. The number of aromatic amines is 1. The number of nitrogens with zero attached hydrogens (tertiary/aromatic N) is 2. The van der Waals surface area contributed by atoms with Gasteiger partial charge in [0.15, 0.2) is 5.69 Å². The number of nitrogens with one attached hydrogen (secondary N) is 1. The molecule has 2 aromatic rings. The summed E-state index contributed by atoms with van der Waals surface area (Å²) in [5.74, 6) is -0.653. The molecule has 0 fully saturated rings. The molecule has 0 aliphatic rings. The fourth-order valence-electron chi connectivity index (χ4n) is 1.27. The van der Waals surface area contributed by atoms with Crippen LogP contribution in [0.15, 0.2) is 22.7 Å². The van der Waals surface area contributed by atoms with E-state index in [1.165, 1.54) is 0 Å². The number of H-pyrrole nitrogens is 1. The minimum absolute atomic E-state index is 0.0694. The molecular formula is C9H6BrClN4O. The summed E-state index contributed by atoms with van der Waals surface area (Å²) >= 11 is 9.32. The number of amides is 1. The molecule has 1 heterocycles. The lowest BCUT2D eigenvalue weighted by Crippen LogP contribution is -2.12. The van der Waals surface area contributed by atoms with E-state index in [9.17, 15) is 4.79 Å². The van der Waals surface area contributed by atoms with Crippen molar-refractivity contribution in [1.82, 2.24) is 15.4 Å². The van der Waals surface area contributed by atoms with Crippen LogP contribution in [0.2, 0.25) is 5.02 Å². The SMILES string of the molecule is NC(=O)c1n[nH]nc1-c1cc(Br)ccc1Cl. The quantitative estimate of drug-likeness (QED) is 0.889. The van der Waals surface area contributed by atoms with Gasteiger partial charge < -0.3 is 5.73 Å². The number of aromatic nitrogens is 3. The first-order valence-corrected chi connectivity index (χ1v) is 5.42. The molecule has 0 radical (unpaired) electrons. The highest BCUT2D eigenvalue weighted by Crippen LogP contribution is 2.30. The molecule has 3 N–H and O–H groups in total. The van der Waals surface area contributed by atoms with Gasteiger partial charge in [0.1, 0.15) is 5.69 Å². The first kappa shape index (κ1) is 11.1. The number of nitrogens with two attached hydrogens (primary N) is 1. The number of hydrogen-bond acceptors (Lipinski definition) is 3. The first-order valence-electron chi connectivity index (χ1n) is 4.25. The highest BCUT2D eigenvalue weighted by atomic mass is 79.9. The number of benzene rings is 1. The number of primary amides is 1. The fourth-order valence-corrected chi connectivity index (χ4v) is 1.84. The second-order valence-electron chi connectivity index (χ2n) is 3.01. The summed E-state index contributed by atoms with van der Waals surface area (Å²) in [6.45, 7) is 0. The molecule has 0 atom stereocenters. The zero-order chi connectivity index (χ0) is 11.7. The standard InChI is InChI=1S/C9H6BrClN4O/c10-4-1-2-6(11)5(3-4)7-8(9(12)16)14-15-13-7/h1-3H,(H2,12,16)(H,13,14,15). The van der Waals surface area contributed by atoms with Crippen molar-refractivity contribution < 1.29 is 4.79 Å². The Labute approximate surface area is 104 Å². The highest BCUT2D eigenvalue weighted by Gasteiger charge is 2.17. The normalized spacial score (nSPS) is 10.4. The van der Waals surface area contributed by atoms with Gasteiger partial charge in [-0.25, -0.2) is 0 Å². The van der Waals surface area contributed by atoms with Crippen LogP contribution in [-0.4, -0.2) is 21.3 Å². The number of carbonyl (C=O) groups excluding carboxylic acids is 1. The van der Waals surface area contributed by atoms with Crippen molar-refractivity contribution >= 4 is 33.4 Å². The van der Waals surface area contributed by atoms with Crippen LogP contribution in [0.5, 0.6) is 0 Å². The van der Waals surface area contributed by atoms with Crippen molar-refractivity contribution in [2.75, 3.05) is 0 Å². The Morgan fingerprint density at radius 2 is 2.19 bits per heavy atom. The average molecular weight is 302 g/mol. The van der Waals surface area contributed by atoms with Crippen LogP contribution in [0.4, 0.5) is 0 Å². The maximum absolute atomic E-state index is 11.1. The van der Waals surface area contributed by atoms with E-state index >= 15 is 0 Å². The van der Waals surface area contributed by atoms with Crippen molar-refractivity contribution in [2.24, 2.45) is 5.73 Å². The Morgan fingerprint density at radius 1 is 1.44 bits per heavy atom. The average Bonchev–Trinajstić information content (AvgIpc) is 2.70. The monoisotopic (exact) mass is 300 g/mol. The number of rotatable bonds is 2. The second kappa shape index (κ2) is 4.23. The highest BCUT2D eigenvalue weighted by molar-refractivity contribution is 9.10. The summed E-state index contributed by atoms with van der Waals surface area (Å²) in [4.78, 5) is 11.1. The molecule has 0 saturated heterocycles. The lowest BCUT2D eigenvalue weighted by molar-refractivity contribution is 0.0996. The molecule has 0 aliphatic heterocycles. The summed E-state index contributed by atoms with van der Waals surface area (Å²) in [7, 11) is 0. The van der Waals surface area contributed by atoms with Crippen LogP contribution in [0.3, 0.4) is 0 Å². The van der Waals surface area contributed by atoms with Crippen molar-refractivity contribution in [1.29, 1.82) is 0 Å². The molecule has 7 heteroatoms. The minimum Gasteiger partial charge on any atom is -0.364 e. The molecule has 1 amide bonds. The van der Waals surface area contributed by atoms with Gasteiger partial charge in [0.25, 0.3) is 5.91 Å².